The molecule has 198 valence electrons. The smallest absolute Gasteiger partial charge is 0.306 e. The highest BCUT2D eigenvalue weighted by molar-refractivity contribution is 5.69. The molecule has 1 aliphatic carbocycles. The van der Waals surface area contributed by atoms with E-state index < -0.39 is 6.10 Å². The zero-order valence-corrected chi connectivity index (χ0v) is 22.4. The first kappa shape index (κ1) is 28.3. The van der Waals surface area contributed by atoms with Gasteiger partial charge < -0.3 is 19.9 Å². The second kappa shape index (κ2) is 12.8. The summed E-state index contributed by atoms with van der Waals surface area (Å²) < 4.78 is 25.3. The van der Waals surface area contributed by atoms with Crippen LogP contribution in [0.4, 0.5) is 4.39 Å². The van der Waals surface area contributed by atoms with Crippen LogP contribution in [0.3, 0.4) is 0 Å². The molecule has 0 bridgehead atoms. The van der Waals surface area contributed by atoms with Gasteiger partial charge in [0.25, 0.3) is 0 Å². The maximum absolute atomic E-state index is 14.2. The predicted molar refractivity (Wildman–Crippen MR) is 141 cm³/mol. The number of aliphatic hydroxyl groups excluding tert-OH is 1. The first-order valence-electron chi connectivity index (χ1n) is 13.1. The van der Waals surface area contributed by atoms with Gasteiger partial charge in [-0.05, 0) is 100 Å². The molecule has 0 saturated carbocycles. The van der Waals surface area contributed by atoms with Crippen molar-refractivity contribution < 1.29 is 23.8 Å². The van der Waals surface area contributed by atoms with E-state index in [-0.39, 0.29) is 36.5 Å². The molecule has 0 saturated heterocycles. The van der Waals surface area contributed by atoms with Crippen LogP contribution in [0, 0.1) is 18.7 Å². The topological polar surface area (TPSA) is 67.8 Å². The van der Waals surface area contributed by atoms with Gasteiger partial charge in [0.05, 0.1) is 25.4 Å². The number of esters is 1. The van der Waals surface area contributed by atoms with Gasteiger partial charge in [-0.2, -0.15) is 0 Å². The van der Waals surface area contributed by atoms with E-state index >= 15 is 0 Å². The van der Waals surface area contributed by atoms with Crippen LogP contribution in [0.5, 0.6) is 0 Å². The lowest BCUT2D eigenvalue weighted by molar-refractivity contribution is -0.143. The monoisotopic (exact) mass is 499 g/mol. The van der Waals surface area contributed by atoms with E-state index in [1.165, 1.54) is 17.2 Å². The van der Waals surface area contributed by atoms with Crippen LogP contribution in [-0.4, -0.2) is 42.5 Å². The number of fused-ring (bicyclic) bond motifs is 1. The van der Waals surface area contributed by atoms with Crippen LogP contribution in [0.25, 0.3) is 0 Å². The molecule has 2 N–H and O–H groups in total. The standard InChI is InChI=1S/C30H42FNO4/c1-6-35-29(34)14-12-26-20(2)28(31)13-11-27(26)21(3)36-19-25(33)18-32-30(4,5)17-22-15-23-9-7-8-10-24(23)16-22/h7-11,13,21-22,25,32-33H,6,12,14-19H2,1-5H3/t21-,25-/m1/s1. The minimum Gasteiger partial charge on any atom is -0.466 e. The molecular weight excluding hydrogens is 457 g/mol. The molecule has 5 nitrogen and oxygen atoms in total. The summed E-state index contributed by atoms with van der Waals surface area (Å²) >= 11 is 0. The molecule has 2 aromatic carbocycles. The third-order valence-corrected chi connectivity index (χ3v) is 7.18. The molecule has 2 aromatic rings. The zero-order chi connectivity index (χ0) is 26.3. The Hall–Kier alpha value is -2.28. The molecule has 2 atom stereocenters. The van der Waals surface area contributed by atoms with E-state index in [9.17, 15) is 14.3 Å². The van der Waals surface area contributed by atoms with Gasteiger partial charge in [0.15, 0.2) is 0 Å². The highest BCUT2D eigenvalue weighted by Crippen LogP contribution is 2.32. The Bertz CT molecular complexity index is 997. The number of nitrogens with one attached hydrogen (secondary N) is 1. The van der Waals surface area contributed by atoms with Crippen LogP contribution in [0.1, 0.15) is 74.5 Å². The second-order valence-electron chi connectivity index (χ2n) is 10.7. The van der Waals surface area contributed by atoms with E-state index in [1.807, 2.05) is 6.92 Å². The van der Waals surface area contributed by atoms with Gasteiger partial charge in [0.1, 0.15) is 5.82 Å². The summed E-state index contributed by atoms with van der Waals surface area (Å²) in [4.78, 5) is 11.8. The number of rotatable bonds is 13. The number of benzene rings is 2. The van der Waals surface area contributed by atoms with E-state index in [2.05, 4.69) is 43.4 Å². The van der Waals surface area contributed by atoms with Crippen molar-refractivity contribution in [2.75, 3.05) is 19.8 Å². The SMILES string of the molecule is CCOC(=O)CCc1c([C@@H](C)OC[C@H](O)CNC(C)(C)CC2Cc3ccccc3C2)ccc(F)c1C. The van der Waals surface area contributed by atoms with Crippen LogP contribution in [-0.2, 0) is 33.5 Å². The van der Waals surface area contributed by atoms with Crippen molar-refractivity contribution in [1.29, 1.82) is 0 Å². The predicted octanol–water partition coefficient (Wildman–Crippen LogP) is 5.24. The van der Waals surface area contributed by atoms with Crippen molar-refractivity contribution in [2.24, 2.45) is 5.92 Å². The Kier molecular flexibility index (Phi) is 10.1. The van der Waals surface area contributed by atoms with Gasteiger partial charge in [-0.1, -0.05) is 30.3 Å². The average molecular weight is 500 g/mol. The largest absolute Gasteiger partial charge is 0.466 e. The van der Waals surface area contributed by atoms with Crippen LogP contribution in [0.15, 0.2) is 36.4 Å². The van der Waals surface area contributed by atoms with Crippen molar-refractivity contribution in [1.82, 2.24) is 5.32 Å². The Morgan fingerprint density at radius 1 is 1.19 bits per heavy atom. The fourth-order valence-electron chi connectivity index (χ4n) is 5.31. The van der Waals surface area contributed by atoms with Gasteiger partial charge >= 0.3 is 5.97 Å². The number of hydrogen-bond acceptors (Lipinski definition) is 5. The maximum atomic E-state index is 14.2. The highest BCUT2D eigenvalue weighted by atomic mass is 19.1. The van der Waals surface area contributed by atoms with Crippen molar-refractivity contribution in [3.63, 3.8) is 0 Å². The number of halogens is 1. The van der Waals surface area contributed by atoms with Gasteiger partial charge in [-0.3, -0.25) is 4.79 Å². The fraction of sp³-hybridized carbons (Fsp3) is 0.567. The number of ether oxygens (including phenoxy) is 2. The molecule has 36 heavy (non-hydrogen) atoms. The Morgan fingerprint density at radius 3 is 2.50 bits per heavy atom. The van der Waals surface area contributed by atoms with Gasteiger partial charge in [-0.25, -0.2) is 4.39 Å². The number of carbonyl (C=O) groups is 1. The van der Waals surface area contributed by atoms with Crippen LogP contribution < -0.4 is 5.32 Å². The van der Waals surface area contributed by atoms with E-state index in [4.69, 9.17) is 9.47 Å². The zero-order valence-electron chi connectivity index (χ0n) is 22.4. The molecular formula is C30H42FNO4. The van der Waals surface area contributed by atoms with Gasteiger partial charge in [0, 0.05) is 18.5 Å². The summed E-state index contributed by atoms with van der Waals surface area (Å²) in [5.41, 5.74) is 4.93. The third kappa shape index (κ3) is 7.86. The fourth-order valence-corrected chi connectivity index (χ4v) is 5.31. The molecule has 0 aliphatic heterocycles. The average Bonchev–Trinajstić information content (AvgIpc) is 3.23. The molecule has 0 radical (unpaired) electrons. The lowest BCUT2D eigenvalue weighted by atomic mass is 9.88. The highest BCUT2D eigenvalue weighted by Gasteiger charge is 2.28. The molecule has 0 spiro atoms. The third-order valence-electron chi connectivity index (χ3n) is 7.18. The molecule has 1 aliphatic rings. The van der Waals surface area contributed by atoms with Crippen molar-refractivity contribution in [3.8, 4) is 0 Å². The summed E-state index contributed by atoms with van der Waals surface area (Å²) in [5, 5.41) is 14.1. The Balaban J connectivity index is 1.49. The van der Waals surface area contributed by atoms with Crippen molar-refractivity contribution in [3.05, 3.63) is 70.0 Å². The molecule has 0 heterocycles. The summed E-state index contributed by atoms with van der Waals surface area (Å²) in [6.07, 6.45) is 2.81. The van der Waals surface area contributed by atoms with Crippen LogP contribution in [0.2, 0.25) is 0 Å². The quantitative estimate of drug-likeness (QED) is 0.369. The molecule has 3 rings (SSSR count). The summed E-state index contributed by atoms with van der Waals surface area (Å²) in [5.74, 6) is 0.000900. The molecule has 6 heteroatoms. The second-order valence-corrected chi connectivity index (χ2v) is 10.7. The molecule has 0 unspecified atom stereocenters. The first-order valence-corrected chi connectivity index (χ1v) is 13.1. The maximum Gasteiger partial charge on any atom is 0.306 e. The lowest BCUT2D eigenvalue weighted by Gasteiger charge is -2.31. The van der Waals surface area contributed by atoms with Crippen molar-refractivity contribution in [2.45, 2.75) is 84.5 Å². The minimum atomic E-state index is -0.669. The number of β-amino-alcohol motifs (C(OH)–C–C–N with tert-alkyl or cyclic N) is 1. The lowest BCUT2D eigenvalue weighted by Crippen LogP contribution is -2.45. The summed E-state index contributed by atoms with van der Waals surface area (Å²) in [7, 11) is 0. The van der Waals surface area contributed by atoms with Gasteiger partial charge in [0.2, 0.25) is 0 Å². The number of aliphatic hydroxyl groups is 1. The van der Waals surface area contributed by atoms with Crippen LogP contribution >= 0.6 is 0 Å². The number of hydrogen-bond donors (Lipinski definition) is 2. The Morgan fingerprint density at radius 2 is 1.86 bits per heavy atom. The van der Waals surface area contributed by atoms with E-state index in [0.717, 1.165) is 30.4 Å². The Labute approximate surface area is 215 Å². The molecule has 0 fully saturated rings. The van der Waals surface area contributed by atoms with Crippen molar-refractivity contribution >= 4 is 5.97 Å². The normalized spacial score (nSPS) is 15.5. The minimum absolute atomic E-state index is 0.104. The van der Waals surface area contributed by atoms with E-state index in [0.29, 0.717) is 31.1 Å². The van der Waals surface area contributed by atoms with Gasteiger partial charge in [-0.15, -0.1) is 0 Å². The van der Waals surface area contributed by atoms with E-state index in [1.54, 1.807) is 19.9 Å². The first-order chi connectivity index (χ1) is 17.1. The summed E-state index contributed by atoms with van der Waals surface area (Å²) in [6, 6.07) is 11.8. The molecule has 0 amide bonds. The summed E-state index contributed by atoms with van der Waals surface area (Å²) in [6.45, 7) is 10.7. The molecule has 0 aromatic heterocycles. The number of carbonyl (C=O) groups excluding carboxylic acids is 1.